The number of aryl methyl sites for hydroxylation is 2. The van der Waals surface area contributed by atoms with E-state index in [1.165, 1.54) is 0 Å². The molecule has 0 amide bonds. The van der Waals surface area contributed by atoms with Crippen molar-refractivity contribution in [1.82, 2.24) is 4.72 Å². The predicted octanol–water partition coefficient (Wildman–Crippen LogP) is 1.09. The molecule has 20 heavy (non-hydrogen) atoms. The van der Waals surface area contributed by atoms with Crippen molar-refractivity contribution in [3.63, 3.8) is 0 Å². The van der Waals surface area contributed by atoms with E-state index in [0.29, 0.717) is 30.2 Å². The number of ether oxygens (including phenoxy) is 1. The number of sulfonamides is 1. The quantitative estimate of drug-likeness (QED) is 0.850. The largest absolute Gasteiger partial charge is 0.465 e. The first-order chi connectivity index (χ1) is 9.36. The molecule has 114 valence electrons. The van der Waals surface area contributed by atoms with Crippen LogP contribution in [0.4, 0.5) is 0 Å². The van der Waals surface area contributed by atoms with Crippen molar-refractivity contribution in [3.05, 3.63) is 17.1 Å². The van der Waals surface area contributed by atoms with E-state index in [4.69, 9.17) is 9.15 Å². The van der Waals surface area contributed by atoms with Crippen LogP contribution in [0.2, 0.25) is 0 Å². The maximum absolute atomic E-state index is 12.4. The summed E-state index contributed by atoms with van der Waals surface area (Å²) in [6, 6.07) is 0. The SMILES string of the molecule is Cc1oc(C)c(S(=O)(=O)NCC2CCOC2C)c1CO. The van der Waals surface area contributed by atoms with Gasteiger partial charge in [0.2, 0.25) is 10.0 Å². The minimum absolute atomic E-state index is 0.0576. The summed E-state index contributed by atoms with van der Waals surface area (Å²) in [7, 11) is -3.68. The summed E-state index contributed by atoms with van der Waals surface area (Å²) in [6.45, 7) is 5.81. The average molecular weight is 303 g/mol. The van der Waals surface area contributed by atoms with Gasteiger partial charge in [0, 0.05) is 24.6 Å². The van der Waals surface area contributed by atoms with Gasteiger partial charge in [0.05, 0.1) is 12.7 Å². The molecule has 0 aliphatic carbocycles. The molecule has 7 heteroatoms. The number of hydrogen-bond donors (Lipinski definition) is 2. The van der Waals surface area contributed by atoms with Gasteiger partial charge < -0.3 is 14.3 Å². The number of nitrogens with one attached hydrogen (secondary N) is 1. The zero-order valence-electron chi connectivity index (χ0n) is 12.0. The molecule has 2 unspecified atom stereocenters. The normalized spacial score (nSPS) is 23.4. The van der Waals surface area contributed by atoms with Gasteiger partial charge in [0.1, 0.15) is 16.4 Å². The molecule has 1 saturated heterocycles. The molecule has 0 aromatic carbocycles. The molecule has 0 saturated carbocycles. The van der Waals surface area contributed by atoms with Crippen molar-refractivity contribution >= 4 is 10.0 Å². The summed E-state index contributed by atoms with van der Waals surface area (Å²) < 4.78 is 38.1. The predicted molar refractivity (Wildman–Crippen MR) is 72.8 cm³/mol. The lowest BCUT2D eigenvalue weighted by molar-refractivity contribution is 0.107. The van der Waals surface area contributed by atoms with E-state index in [9.17, 15) is 13.5 Å². The number of aliphatic hydroxyl groups is 1. The zero-order chi connectivity index (χ0) is 14.9. The summed E-state index contributed by atoms with van der Waals surface area (Å²) >= 11 is 0. The van der Waals surface area contributed by atoms with Crippen molar-refractivity contribution in [2.24, 2.45) is 5.92 Å². The molecule has 2 N–H and O–H groups in total. The molecule has 6 nitrogen and oxygen atoms in total. The molecule has 2 heterocycles. The lowest BCUT2D eigenvalue weighted by Gasteiger charge is -2.15. The van der Waals surface area contributed by atoms with Crippen molar-refractivity contribution < 1.29 is 22.7 Å². The van der Waals surface area contributed by atoms with Crippen LogP contribution < -0.4 is 4.72 Å². The van der Waals surface area contributed by atoms with E-state index in [0.717, 1.165) is 6.42 Å². The smallest absolute Gasteiger partial charge is 0.244 e. The Kier molecular flexibility index (Phi) is 4.53. The van der Waals surface area contributed by atoms with Crippen LogP contribution in [0.25, 0.3) is 0 Å². The third-order valence-electron chi connectivity index (χ3n) is 3.82. The minimum Gasteiger partial charge on any atom is -0.465 e. The number of hydrogen-bond acceptors (Lipinski definition) is 5. The van der Waals surface area contributed by atoms with Gasteiger partial charge in [-0.3, -0.25) is 0 Å². The van der Waals surface area contributed by atoms with Crippen molar-refractivity contribution in [2.75, 3.05) is 13.2 Å². The number of aliphatic hydroxyl groups excluding tert-OH is 1. The molecule has 1 fully saturated rings. The van der Waals surface area contributed by atoms with Crippen LogP contribution >= 0.6 is 0 Å². The van der Waals surface area contributed by atoms with E-state index in [2.05, 4.69) is 4.72 Å². The summed E-state index contributed by atoms with van der Waals surface area (Å²) in [5.74, 6) is 0.911. The summed E-state index contributed by atoms with van der Waals surface area (Å²) in [5.41, 5.74) is 0.325. The van der Waals surface area contributed by atoms with E-state index in [-0.39, 0.29) is 23.5 Å². The maximum atomic E-state index is 12.4. The van der Waals surface area contributed by atoms with Gasteiger partial charge in [-0.15, -0.1) is 0 Å². The summed E-state index contributed by atoms with van der Waals surface area (Å²) in [6.07, 6.45) is 0.905. The van der Waals surface area contributed by atoms with Gasteiger partial charge in [-0.25, -0.2) is 13.1 Å². The molecule has 2 rings (SSSR count). The summed E-state index contributed by atoms with van der Waals surface area (Å²) in [4.78, 5) is 0.0593. The van der Waals surface area contributed by atoms with Crippen molar-refractivity contribution in [2.45, 2.75) is 44.8 Å². The monoisotopic (exact) mass is 303 g/mol. The van der Waals surface area contributed by atoms with Crippen LogP contribution in [-0.2, 0) is 21.4 Å². The molecule has 0 bridgehead atoms. The van der Waals surface area contributed by atoms with E-state index >= 15 is 0 Å². The first kappa shape index (κ1) is 15.5. The highest BCUT2D eigenvalue weighted by atomic mass is 32.2. The third-order valence-corrected chi connectivity index (χ3v) is 5.44. The standard InChI is InChI=1S/C13H21NO5S/c1-8-11(4-5-18-8)6-14-20(16,17)13-10(3)19-9(2)12(13)7-15/h8,11,14-15H,4-7H2,1-3H3. The Labute approximate surface area is 119 Å². The fraction of sp³-hybridized carbons (Fsp3) is 0.692. The van der Waals surface area contributed by atoms with E-state index in [1.807, 2.05) is 6.92 Å². The molecule has 1 aromatic heterocycles. The Balaban J connectivity index is 2.18. The highest BCUT2D eigenvalue weighted by Crippen LogP contribution is 2.27. The Hall–Kier alpha value is -0.890. The van der Waals surface area contributed by atoms with Crippen LogP contribution in [-0.4, -0.2) is 32.8 Å². The highest BCUT2D eigenvalue weighted by Gasteiger charge is 2.29. The number of furan rings is 1. The van der Waals surface area contributed by atoms with Crippen molar-refractivity contribution in [3.8, 4) is 0 Å². The fourth-order valence-electron chi connectivity index (χ4n) is 2.58. The van der Waals surface area contributed by atoms with Gasteiger partial charge in [-0.1, -0.05) is 0 Å². The molecular weight excluding hydrogens is 282 g/mol. The topological polar surface area (TPSA) is 88.8 Å². The van der Waals surface area contributed by atoms with Gasteiger partial charge in [0.15, 0.2) is 0 Å². The van der Waals surface area contributed by atoms with E-state index < -0.39 is 10.0 Å². The molecule has 1 aliphatic rings. The third kappa shape index (κ3) is 2.90. The highest BCUT2D eigenvalue weighted by molar-refractivity contribution is 7.89. The second-order valence-corrected chi connectivity index (χ2v) is 6.86. The van der Waals surface area contributed by atoms with Crippen LogP contribution in [0, 0.1) is 19.8 Å². The Morgan fingerprint density at radius 3 is 2.60 bits per heavy atom. The molecule has 0 spiro atoms. The van der Waals surface area contributed by atoms with Gasteiger partial charge in [0.25, 0.3) is 0 Å². The first-order valence-electron chi connectivity index (χ1n) is 6.67. The molecule has 1 aromatic rings. The van der Waals surface area contributed by atoms with Gasteiger partial charge >= 0.3 is 0 Å². The first-order valence-corrected chi connectivity index (χ1v) is 8.16. The fourth-order valence-corrected chi connectivity index (χ4v) is 4.11. The van der Waals surface area contributed by atoms with Crippen molar-refractivity contribution in [1.29, 1.82) is 0 Å². The molecular formula is C13H21NO5S. The van der Waals surface area contributed by atoms with Crippen LogP contribution in [0.15, 0.2) is 9.31 Å². The second-order valence-electron chi connectivity index (χ2n) is 5.16. The Bertz CT molecular complexity index is 578. The molecule has 0 radical (unpaired) electrons. The minimum atomic E-state index is -3.68. The Morgan fingerprint density at radius 1 is 1.35 bits per heavy atom. The van der Waals surface area contributed by atoms with Crippen LogP contribution in [0.5, 0.6) is 0 Å². The maximum Gasteiger partial charge on any atom is 0.244 e. The average Bonchev–Trinajstić information content (AvgIpc) is 2.90. The number of rotatable bonds is 5. The summed E-state index contributed by atoms with van der Waals surface area (Å²) in [5, 5.41) is 9.33. The second kappa shape index (κ2) is 5.85. The molecule has 1 aliphatic heterocycles. The Morgan fingerprint density at radius 2 is 2.05 bits per heavy atom. The van der Waals surface area contributed by atoms with Crippen LogP contribution in [0.1, 0.15) is 30.4 Å². The lowest BCUT2D eigenvalue weighted by Crippen LogP contribution is -2.32. The molecule has 2 atom stereocenters. The lowest BCUT2D eigenvalue weighted by atomic mass is 10.0. The van der Waals surface area contributed by atoms with E-state index in [1.54, 1.807) is 13.8 Å². The zero-order valence-corrected chi connectivity index (χ0v) is 12.8. The van der Waals surface area contributed by atoms with Crippen LogP contribution in [0.3, 0.4) is 0 Å². The van der Waals surface area contributed by atoms with Gasteiger partial charge in [-0.2, -0.15) is 0 Å². The van der Waals surface area contributed by atoms with Gasteiger partial charge in [-0.05, 0) is 27.2 Å².